The quantitative estimate of drug-likeness (QED) is 0.231. The van der Waals surface area contributed by atoms with E-state index in [9.17, 15) is 9.59 Å². The van der Waals surface area contributed by atoms with E-state index in [-0.39, 0.29) is 103 Å². The van der Waals surface area contributed by atoms with Crippen molar-refractivity contribution in [3.8, 4) is 0 Å². The van der Waals surface area contributed by atoms with Gasteiger partial charge in [-0.1, -0.05) is 51.9 Å². The average molecular weight is 367 g/mol. The topological polar surface area (TPSA) is 74.6 Å². The van der Waals surface area contributed by atoms with Crippen molar-refractivity contribution < 1.29 is 123 Å². The standard InChI is InChI=1S/C10H21.C3H4O4.C3H7.2K/c1-3-5-7-9-10-8-6-4-2;4-2(5)1-3(6)7;1-3-2;;/h1,3-10H2,2H3;1H2,(H,4,5)(H,6,7);3H,1-2H3;;/q-1;;-1;2*+1. The number of hydrogen-bond acceptors (Lipinski definition) is 2. The number of carboxylic acid groups (broad SMARTS) is 2. The monoisotopic (exact) mass is 366 g/mol. The fourth-order valence-corrected chi connectivity index (χ4v) is 1.26. The van der Waals surface area contributed by atoms with E-state index in [2.05, 4.69) is 13.8 Å². The number of carbonyl (C=O) groups is 2. The molecule has 0 aromatic rings. The van der Waals surface area contributed by atoms with Gasteiger partial charge in [0.15, 0.2) is 0 Å². The van der Waals surface area contributed by atoms with Crippen LogP contribution in [0.1, 0.15) is 78.6 Å². The molecule has 0 atom stereocenters. The molecule has 0 amide bonds. The first kappa shape index (κ1) is 35.3. The van der Waals surface area contributed by atoms with Gasteiger partial charge in [-0.05, 0) is 0 Å². The van der Waals surface area contributed by atoms with Crippen LogP contribution in [-0.4, -0.2) is 22.2 Å². The Morgan fingerprint density at radius 2 is 1.18 bits per heavy atom. The third-order valence-corrected chi connectivity index (χ3v) is 2.16. The van der Waals surface area contributed by atoms with Crippen molar-refractivity contribution in [2.75, 3.05) is 0 Å². The maximum atomic E-state index is 9.43. The van der Waals surface area contributed by atoms with E-state index in [0.29, 0.717) is 0 Å². The second-order valence-corrected chi connectivity index (χ2v) is 4.52. The number of aliphatic carboxylic acids is 2. The normalized spacial score (nSPS) is 8.00. The molecule has 0 saturated heterocycles. The smallest absolute Gasteiger partial charge is 0.481 e. The van der Waals surface area contributed by atoms with Crippen LogP contribution in [0, 0.1) is 13.3 Å². The van der Waals surface area contributed by atoms with E-state index in [1.807, 2.05) is 20.3 Å². The van der Waals surface area contributed by atoms with E-state index in [4.69, 9.17) is 10.2 Å². The first-order valence-electron chi connectivity index (χ1n) is 7.42. The molecule has 4 nitrogen and oxygen atoms in total. The summed E-state index contributed by atoms with van der Waals surface area (Å²) in [5.41, 5.74) is 0. The molecule has 0 aromatic carbocycles. The maximum Gasteiger partial charge on any atom is 1.00 e. The Kier molecular flexibility index (Phi) is 55.5. The molecule has 0 rings (SSSR count). The summed E-state index contributed by atoms with van der Waals surface area (Å²) in [5, 5.41) is 15.4. The predicted molar refractivity (Wildman–Crippen MR) is 83.5 cm³/mol. The Bertz CT molecular complexity index is 192. The molecule has 0 unspecified atom stereocenters. The van der Waals surface area contributed by atoms with E-state index in [0.717, 1.165) is 6.42 Å². The van der Waals surface area contributed by atoms with Crippen LogP contribution >= 0.6 is 0 Å². The zero-order valence-corrected chi connectivity index (χ0v) is 21.6. The molecule has 0 aliphatic rings. The Morgan fingerprint density at radius 3 is 1.41 bits per heavy atom. The van der Waals surface area contributed by atoms with Gasteiger partial charge in [0, 0.05) is 0 Å². The van der Waals surface area contributed by atoms with Gasteiger partial charge in [0.25, 0.3) is 0 Å². The van der Waals surface area contributed by atoms with Gasteiger partial charge in [-0.25, -0.2) is 0 Å². The van der Waals surface area contributed by atoms with Crippen molar-refractivity contribution in [2.45, 2.75) is 78.6 Å². The van der Waals surface area contributed by atoms with Gasteiger partial charge in [0.05, 0.1) is 0 Å². The van der Waals surface area contributed by atoms with E-state index < -0.39 is 18.4 Å². The minimum atomic E-state index is -1.31. The molecule has 122 valence electrons. The van der Waals surface area contributed by atoms with Crippen LogP contribution in [0.5, 0.6) is 0 Å². The van der Waals surface area contributed by atoms with Crippen molar-refractivity contribution >= 4 is 11.9 Å². The van der Waals surface area contributed by atoms with Crippen molar-refractivity contribution in [1.82, 2.24) is 0 Å². The van der Waals surface area contributed by atoms with Crippen molar-refractivity contribution in [3.05, 3.63) is 13.3 Å². The third-order valence-electron chi connectivity index (χ3n) is 2.16. The molecular weight excluding hydrogens is 334 g/mol. The van der Waals surface area contributed by atoms with Crippen LogP contribution in [0.3, 0.4) is 0 Å². The summed E-state index contributed by atoms with van der Waals surface area (Å²) in [6.07, 6.45) is 12.1. The van der Waals surface area contributed by atoms with Crippen LogP contribution in [-0.2, 0) is 9.59 Å². The summed E-state index contributed by atoms with van der Waals surface area (Å²) in [6, 6.07) is 0. The number of hydrogen-bond donors (Lipinski definition) is 2. The Labute approximate surface area is 222 Å². The van der Waals surface area contributed by atoms with Gasteiger partial charge in [0.2, 0.25) is 0 Å². The number of rotatable bonds is 9. The molecule has 0 saturated carbocycles. The second-order valence-electron chi connectivity index (χ2n) is 4.52. The Morgan fingerprint density at radius 1 is 0.864 bits per heavy atom. The van der Waals surface area contributed by atoms with E-state index in [1.54, 1.807) is 0 Å². The van der Waals surface area contributed by atoms with Gasteiger partial charge in [-0.15, -0.1) is 0 Å². The van der Waals surface area contributed by atoms with Crippen molar-refractivity contribution in [2.24, 2.45) is 0 Å². The van der Waals surface area contributed by atoms with E-state index in [1.165, 1.54) is 44.9 Å². The zero-order valence-electron chi connectivity index (χ0n) is 15.4. The summed E-state index contributed by atoms with van der Waals surface area (Å²) >= 11 is 0. The molecule has 0 bridgehead atoms. The summed E-state index contributed by atoms with van der Waals surface area (Å²) in [6.45, 7) is 10.1. The van der Waals surface area contributed by atoms with Gasteiger partial charge in [-0.3, -0.25) is 9.59 Å². The van der Waals surface area contributed by atoms with E-state index >= 15 is 0 Å². The average Bonchev–Trinajstić information content (AvgIpc) is 2.34. The van der Waals surface area contributed by atoms with Gasteiger partial charge in [0.1, 0.15) is 6.42 Å². The zero-order chi connectivity index (χ0) is 16.2. The summed E-state index contributed by atoms with van der Waals surface area (Å²) < 4.78 is 0. The molecule has 0 fully saturated rings. The minimum Gasteiger partial charge on any atom is -0.481 e. The molecule has 6 heteroatoms. The molecule has 0 heterocycles. The molecule has 0 aliphatic heterocycles. The fraction of sp³-hybridized carbons (Fsp3) is 0.750. The van der Waals surface area contributed by atoms with Gasteiger partial charge in [-0.2, -0.15) is 20.3 Å². The maximum absolute atomic E-state index is 9.43. The van der Waals surface area contributed by atoms with Gasteiger partial charge >= 0.3 is 115 Å². The first-order valence-corrected chi connectivity index (χ1v) is 7.42. The summed E-state index contributed by atoms with van der Waals surface area (Å²) in [5.74, 6) is -2.62. The molecule has 22 heavy (non-hydrogen) atoms. The number of carboxylic acids is 2. The molecular formula is C16H32K2O4. The minimum absolute atomic E-state index is 0. The molecule has 0 aromatic heterocycles. The third kappa shape index (κ3) is 57.3. The van der Waals surface area contributed by atoms with Gasteiger partial charge < -0.3 is 23.6 Å². The summed E-state index contributed by atoms with van der Waals surface area (Å²) in [7, 11) is 0. The molecule has 0 aliphatic carbocycles. The van der Waals surface area contributed by atoms with Crippen LogP contribution in [0.25, 0.3) is 0 Å². The molecule has 2 N–H and O–H groups in total. The van der Waals surface area contributed by atoms with Crippen LogP contribution in [0.4, 0.5) is 0 Å². The molecule has 0 radical (unpaired) electrons. The van der Waals surface area contributed by atoms with Crippen LogP contribution in [0.15, 0.2) is 0 Å². The van der Waals surface area contributed by atoms with Crippen molar-refractivity contribution in [1.29, 1.82) is 0 Å². The Hall–Kier alpha value is 2.21. The molecule has 0 spiro atoms. The number of unbranched alkanes of at least 4 members (excludes halogenated alkanes) is 7. The van der Waals surface area contributed by atoms with Crippen molar-refractivity contribution in [3.63, 3.8) is 0 Å². The SMILES string of the molecule is C[CH-]C.O=C(O)CC(=O)O.[CH2-]CCCCCCCCC.[K+].[K+]. The second kappa shape index (κ2) is 34.5. The summed E-state index contributed by atoms with van der Waals surface area (Å²) in [4.78, 5) is 18.9. The van der Waals surface area contributed by atoms with Crippen LogP contribution < -0.4 is 103 Å². The predicted octanol–water partition coefficient (Wildman–Crippen LogP) is -1.25. The Balaban J connectivity index is -0.0000000711. The van der Waals surface area contributed by atoms with Crippen LogP contribution in [0.2, 0.25) is 0 Å². The fourth-order valence-electron chi connectivity index (χ4n) is 1.26. The largest absolute Gasteiger partial charge is 1.00 e. The first-order chi connectivity index (χ1) is 9.45.